The van der Waals surface area contributed by atoms with Crippen molar-refractivity contribution in [2.45, 2.75) is 20.1 Å². The van der Waals surface area contributed by atoms with Crippen molar-refractivity contribution in [2.75, 3.05) is 0 Å². The quantitative estimate of drug-likeness (QED) is 0.221. The number of rotatable bonds is 8. The molecule has 0 bridgehead atoms. The normalized spacial score (nSPS) is 10.7. The smallest absolute Gasteiger partial charge is 0.340 e. The number of esters is 1. The van der Waals surface area contributed by atoms with Gasteiger partial charge in [-0.05, 0) is 41.8 Å². The minimum atomic E-state index is -0.351. The molecule has 0 spiro atoms. The number of carbonyl (C=O) groups is 1. The van der Waals surface area contributed by atoms with Crippen LogP contribution in [0.1, 0.15) is 27.2 Å². The molecule has 5 rings (SSSR count). The molecule has 0 N–H and O–H groups in total. The van der Waals surface area contributed by atoms with E-state index in [1.807, 2.05) is 128 Å². The molecule has 4 heteroatoms. The van der Waals surface area contributed by atoms with E-state index in [-0.39, 0.29) is 12.6 Å². The zero-order chi connectivity index (χ0) is 24.7. The first-order chi connectivity index (χ1) is 17.7. The summed E-state index contributed by atoms with van der Waals surface area (Å²) in [6.45, 7) is 2.70. The van der Waals surface area contributed by atoms with Gasteiger partial charge >= 0.3 is 5.97 Å². The second-order valence-electron chi connectivity index (χ2n) is 8.58. The molecule has 36 heavy (non-hydrogen) atoms. The van der Waals surface area contributed by atoms with Gasteiger partial charge in [0.2, 0.25) is 0 Å². The Bertz CT molecular complexity index is 1440. The lowest BCUT2D eigenvalue weighted by molar-refractivity contribution is 0.0473. The van der Waals surface area contributed by atoms with Crippen molar-refractivity contribution in [2.24, 2.45) is 0 Å². The van der Waals surface area contributed by atoms with E-state index < -0.39 is 0 Å². The van der Waals surface area contributed by atoms with Crippen molar-refractivity contribution in [3.63, 3.8) is 0 Å². The summed E-state index contributed by atoms with van der Waals surface area (Å²) in [7, 11) is 0. The zero-order valence-corrected chi connectivity index (χ0v) is 20.1. The summed E-state index contributed by atoms with van der Waals surface area (Å²) in [5.41, 5.74) is 6.17. The SMILES string of the molecule is Cc1cc(C(=O)OCc2ccccc2)c(-c2ccccc2)n1-c1cccc(OCc2ccccc2)c1. The standard InChI is InChI=1S/C32H27NO3/c1-24-20-30(32(34)36-23-26-14-7-3-8-15-26)31(27-16-9-4-10-17-27)33(24)28-18-11-19-29(21-28)35-22-25-12-5-2-6-13-25/h2-21H,22-23H2,1H3. The van der Waals surface area contributed by atoms with Crippen molar-refractivity contribution in [3.05, 3.63) is 144 Å². The highest BCUT2D eigenvalue weighted by molar-refractivity contribution is 5.97. The van der Waals surface area contributed by atoms with Crippen LogP contribution < -0.4 is 4.74 Å². The highest BCUT2D eigenvalue weighted by atomic mass is 16.5. The van der Waals surface area contributed by atoms with Crippen molar-refractivity contribution < 1.29 is 14.3 Å². The van der Waals surface area contributed by atoms with Crippen LogP contribution in [-0.4, -0.2) is 10.5 Å². The third kappa shape index (κ3) is 5.23. The maximum absolute atomic E-state index is 13.3. The molecule has 5 aromatic rings. The van der Waals surface area contributed by atoms with E-state index in [2.05, 4.69) is 4.57 Å². The van der Waals surface area contributed by atoms with Crippen LogP contribution in [0.4, 0.5) is 0 Å². The lowest BCUT2D eigenvalue weighted by atomic mass is 10.1. The number of nitrogens with zero attached hydrogens (tertiary/aromatic N) is 1. The molecule has 0 aliphatic rings. The van der Waals surface area contributed by atoms with Crippen LogP contribution in [0.15, 0.2) is 121 Å². The van der Waals surface area contributed by atoms with E-state index in [4.69, 9.17) is 9.47 Å². The Morgan fingerprint density at radius 1 is 0.694 bits per heavy atom. The Hall–Kier alpha value is -4.57. The molecule has 0 saturated carbocycles. The maximum atomic E-state index is 13.3. The number of benzene rings is 4. The number of carbonyl (C=O) groups excluding carboxylic acids is 1. The third-order valence-corrected chi connectivity index (χ3v) is 5.99. The fourth-order valence-electron chi connectivity index (χ4n) is 4.26. The van der Waals surface area contributed by atoms with Crippen LogP contribution in [0.3, 0.4) is 0 Å². The van der Waals surface area contributed by atoms with Gasteiger partial charge in [-0.25, -0.2) is 4.79 Å². The van der Waals surface area contributed by atoms with Gasteiger partial charge in [-0.1, -0.05) is 97.1 Å². The molecule has 0 fully saturated rings. The highest BCUT2D eigenvalue weighted by Gasteiger charge is 2.22. The molecule has 0 radical (unpaired) electrons. The van der Waals surface area contributed by atoms with Gasteiger partial charge in [0.1, 0.15) is 19.0 Å². The van der Waals surface area contributed by atoms with Gasteiger partial charge in [0.05, 0.1) is 11.3 Å². The van der Waals surface area contributed by atoms with Gasteiger partial charge in [-0.3, -0.25) is 0 Å². The Morgan fingerprint density at radius 3 is 1.97 bits per heavy atom. The van der Waals surface area contributed by atoms with Crippen LogP contribution in [0.5, 0.6) is 5.75 Å². The van der Waals surface area contributed by atoms with Gasteiger partial charge in [0.25, 0.3) is 0 Å². The summed E-state index contributed by atoms with van der Waals surface area (Å²) >= 11 is 0. The van der Waals surface area contributed by atoms with Crippen molar-refractivity contribution in [3.8, 4) is 22.7 Å². The summed E-state index contributed by atoms with van der Waals surface area (Å²) in [5.74, 6) is 0.410. The second kappa shape index (κ2) is 10.8. The fourth-order valence-corrected chi connectivity index (χ4v) is 4.26. The molecule has 1 heterocycles. The maximum Gasteiger partial charge on any atom is 0.340 e. The second-order valence-corrected chi connectivity index (χ2v) is 8.58. The summed E-state index contributed by atoms with van der Waals surface area (Å²) in [4.78, 5) is 13.3. The molecule has 4 aromatic carbocycles. The van der Waals surface area contributed by atoms with E-state index in [0.717, 1.165) is 39.5 Å². The molecule has 0 unspecified atom stereocenters. The first kappa shape index (κ1) is 23.2. The van der Waals surface area contributed by atoms with Crippen LogP contribution in [-0.2, 0) is 18.0 Å². The van der Waals surface area contributed by atoms with Gasteiger partial charge in [-0.15, -0.1) is 0 Å². The van der Waals surface area contributed by atoms with Crippen molar-refractivity contribution >= 4 is 5.97 Å². The summed E-state index contributed by atoms with van der Waals surface area (Å²) in [5, 5.41) is 0. The molecule has 0 saturated heterocycles. The summed E-state index contributed by atoms with van der Waals surface area (Å²) < 4.78 is 13.9. The third-order valence-electron chi connectivity index (χ3n) is 5.99. The Labute approximate surface area is 211 Å². The molecular weight excluding hydrogens is 446 g/mol. The lowest BCUT2D eigenvalue weighted by Gasteiger charge is -2.15. The number of hydrogen-bond donors (Lipinski definition) is 0. The highest BCUT2D eigenvalue weighted by Crippen LogP contribution is 2.32. The zero-order valence-electron chi connectivity index (χ0n) is 20.1. The van der Waals surface area contributed by atoms with Crippen molar-refractivity contribution in [1.82, 2.24) is 4.57 Å². The van der Waals surface area contributed by atoms with Crippen LogP contribution in [0, 0.1) is 6.92 Å². The Morgan fingerprint density at radius 2 is 1.31 bits per heavy atom. The lowest BCUT2D eigenvalue weighted by Crippen LogP contribution is -2.07. The number of aromatic nitrogens is 1. The fraction of sp³-hybridized carbons (Fsp3) is 0.0938. The monoisotopic (exact) mass is 473 g/mol. The molecule has 1 aromatic heterocycles. The molecule has 178 valence electrons. The Kier molecular flexibility index (Phi) is 6.95. The van der Waals surface area contributed by atoms with E-state index in [0.29, 0.717) is 12.2 Å². The molecule has 0 amide bonds. The molecule has 0 aliphatic heterocycles. The first-order valence-electron chi connectivity index (χ1n) is 11.9. The Balaban J connectivity index is 1.48. The summed E-state index contributed by atoms with van der Waals surface area (Å²) in [6.07, 6.45) is 0. The van der Waals surface area contributed by atoms with E-state index in [1.165, 1.54) is 0 Å². The minimum absolute atomic E-state index is 0.223. The van der Waals surface area contributed by atoms with Gasteiger partial charge in [0.15, 0.2) is 0 Å². The predicted molar refractivity (Wildman–Crippen MR) is 142 cm³/mol. The number of hydrogen-bond acceptors (Lipinski definition) is 3. The van der Waals surface area contributed by atoms with E-state index >= 15 is 0 Å². The molecule has 0 aliphatic carbocycles. The molecule has 0 atom stereocenters. The van der Waals surface area contributed by atoms with E-state index in [1.54, 1.807) is 0 Å². The van der Waals surface area contributed by atoms with Gasteiger partial charge in [0, 0.05) is 17.4 Å². The largest absolute Gasteiger partial charge is 0.489 e. The minimum Gasteiger partial charge on any atom is -0.489 e. The van der Waals surface area contributed by atoms with Gasteiger partial charge in [-0.2, -0.15) is 0 Å². The van der Waals surface area contributed by atoms with Crippen LogP contribution in [0.25, 0.3) is 16.9 Å². The van der Waals surface area contributed by atoms with Crippen molar-refractivity contribution in [1.29, 1.82) is 0 Å². The number of aryl methyl sites for hydroxylation is 1. The average molecular weight is 474 g/mol. The van der Waals surface area contributed by atoms with Crippen LogP contribution >= 0.6 is 0 Å². The molecular formula is C32H27NO3. The van der Waals surface area contributed by atoms with Gasteiger partial charge < -0.3 is 14.0 Å². The number of ether oxygens (including phenoxy) is 2. The van der Waals surface area contributed by atoms with E-state index in [9.17, 15) is 4.79 Å². The predicted octanol–water partition coefficient (Wildman–Crippen LogP) is 7.39. The average Bonchev–Trinajstić information content (AvgIpc) is 3.29. The van der Waals surface area contributed by atoms with Crippen LogP contribution in [0.2, 0.25) is 0 Å². The molecule has 4 nitrogen and oxygen atoms in total. The first-order valence-corrected chi connectivity index (χ1v) is 11.9. The summed E-state index contributed by atoms with van der Waals surface area (Å²) in [6, 6.07) is 39.6. The topological polar surface area (TPSA) is 40.5 Å².